The number of nitriles is 1. The Labute approximate surface area is 101 Å². The van der Waals surface area contributed by atoms with E-state index in [-0.39, 0.29) is 6.04 Å². The van der Waals surface area contributed by atoms with E-state index >= 15 is 0 Å². The van der Waals surface area contributed by atoms with Crippen LogP contribution in [0.1, 0.15) is 29.7 Å². The lowest BCUT2D eigenvalue weighted by molar-refractivity contribution is 0.751. The molecule has 0 radical (unpaired) electrons. The lowest BCUT2D eigenvalue weighted by atomic mass is 10.1. The van der Waals surface area contributed by atoms with E-state index in [2.05, 4.69) is 16.0 Å². The Hall–Kier alpha value is -1.60. The maximum Gasteiger partial charge on any atom is 0.146 e. The third-order valence-electron chi connectivity index (χ3n) is 3.68. The fourth-order valence-corrected chi connectivity index (χ4v) is 2.76. The minimum Gasteiger partial charge on any atom is -0.354 e. The molecule has 88 valence electrons. The Morgan fingerprint density at radius 2 is 2.35 bits per heavy atom. The zero-order valence-corrected chi connectivity index (χ0v) is 9.82. The van der Waals surface area contributed by atoms with Gasteiger partial charge in [-0.1, -0.05) is 0 Å². The molecule has 0 saturated carbocycles. The van der Waals surface area contributed by atoms with Crippen LogP contribution < -0.4 is 10.6 Å². The van der Waals surface area contributed by atoms with E-state index in [1.165, 1.54) is 11.3 Å². The van der Waals surface area contributed by atoms with Gasteiger partial charge in [-0.15, -0.1) is 0 Å². The van der Waals surface area contributed by atoms with Crippen molar-refractivity contribution in [3.8, 4) is 6.07 Å². The first-order valence-corrected chi connectivity index (χ1v) is 6.21. The smallest absolute Gasteiger partial charge is 0.146 e. The molecule has 1 aliphatic heterocycles. The van der Waals surface area contributed by atoms with Gasteiger partial charge in [0.1, 0.15) is 11.9 Å². The number of rotatable bonds is 1. The van der Waals surface area contributed by atoms with E-state index in [1.807, 2.05) is 6.07 Å². The third kappa shape index (κ3) is 1.77. The Kier molecular flexibility index (Phi) is 2.49. The van der Waals surface area contributed by atoms with Crippen LogP contribution in [0.3, 0.4) is 0 Å². The lowest BCUT2D eigenvalue weighted by Crippen LogP contribution is -2.27. The summed E-state index contributed by atoms with van der Waals surface area (Å²) in [5, 5.41) is 9.23. The van der Waals surface area contributed by atoms with E-state index in [9.17, 15) is 5.26 Å². The average molecular weight is 228 g/mol. The van der Waals surface area contributed by atoms with Crippen LogP contribution in [0.25, 0.3) is 0 Å². The standard InChI is InChI=1S/C13H16N4/c14-7-10-6-9-2-1-3-12(9)16-13(10)17-5-4-11(15)8-17/h6,11H,1-5,8,15H2. The molecule has 2 aliphatic rings. The van der Waals surface area contributed by atoms with Crippen molar-refractivity contribution in [1.82, 2.24) is 4.98 Å². The normalized spacial score (nSPS) is 22.6. The molecule has 4 heteroatoms. The topological polar surface area (TPSA) is 65.9 Å². The van der Waals surface area contributed by atoms with Crippen molar-refractivity contribution in [3.63, 3.8) is 0 Å². The molecule has 1 unspecified atom stereocenters. The molecule has 0 bridgehead atoms. The van der Waals surface area contributed by atoms with E-state index in [0.717, 1.165) is 44.6 Å². The van der Waals surface area contributed by atoms with E-state index < -0.39 is 0 Å². The second kappa shape index (κ2) is 4.01. The predicted molar refractivity (Wildman–Crippen MR) is 65.8 cm³/mol. The number of anilines is 1. The largest absolute Gasteiger partial charge is 0.354 e. The number of fused-ring (bicyclic) bond motifs is 1. The highest BCUT2D eigenvalue weighted by atomic mass is 15.2. The summed E-state index contributed by atoms with van der Waals surface area (Å²) in [5.74, 6) is 0.848. The van der Waals surface area contributed by atoms with Crippen molar-refractivity contribution < 1.29 is 0 Å². The predicted octanol–water partition coefficient (Wildman–Crippen LogP) is 0.979. The number of pyridine rings is 1. The highest BCUT2D eigenvalue weighted by molar-refractivity contribution is 5.57. The molecule has 1 atom stereocenters. The summed E-state index contributed by atoms with van der Waals surface area (Å²) >= 11 is 0. The minimum absolute atomic E-state index is 0.219. The number of aryl methyl sites for hydroxylation is 2. The first-order chi connectivity index (χ1) is 8.28. The van der Waals surface area contributed by atoms with Gasteiger partial charge in [-0.05, 0) is 37.3 Å². The van der Waals surface area contributed by atoms with Crippen molar-refractivity contribution in [1.29, 1.82) is 5.26 Å². The average Bonchev–Trinajstić information content (AvgIpc) is 2.94. The lowest BCUT2D eigenvalue weighted by Gasteiger charge is -2.19. The van der Waals surface area contributed by atoms with Crippen LogP contribution in [-0.4, -0.2) is 24.1 Å². The molecule has 0 aromatic carbocycles. The van der Waals surface area contributed by atoms with Gasteiger partial charge < -0.3 is 10.6 Å². The van der Waals surface area contributed by atoms with Gasteiger partial charge in [0.05, 0.1) is 5.56 Å². The maximum absolute atomic E-state index is 9.23. The zero-order valence-electron chi connectivity index (χ0n) is 9.82. The van der Waals surface area contributed by atoms with Crippen molar-refractivity contribution in [3.05, 3.63) is 22.9 Å². The summed E-state index contributed by atoms with van der Waals surface area (Å²) in [4.78, 5) is 6.84. The van der Waals surface area contributed by atoms with Gasteiger partial charge in [0.25, 0.3) is 0 Å². The van der Waals surface area contributed by atoms with Gasteiger partial charge >= 0.3 is 0 Å². The number of aromatic nitrogens is 1. The molecular weight excluding hydrogens is 212 g/mol. The maximum atomic E-state index is 9.23. The van der Waals surface area contributed by atoms with Crippen molar-refractivity contribution in [2.24, 2.45) is 5.73 Å². The molecule has 1 aliphatic carbocycles. The second-order valence-corrected chi connectivity index (χ2v) is 4.93. The Bertz CT molecular complexity index is 489. The first kappa shape index (κ1) is 10.5. The molecule has 2 N–H and O–H groups in total. The summed E-state index contributed by atoms with van der Waals surface area (Å²) in [6.07, 6.45) is 4.27. The summed E-state index contributed by atoms with van der Waals surface area (Å²) in [5.41, 5.74) is 9.06. The van der Waals surface area contributed by atoms with Gasteiger partial charge in [0, 0.05) is 24.8 Å². The van der Waals surface area contributed by atoms with Crippen molar-refractivity contribution >= 4 is 5.82 Å². The minimum atomic E-state index is 0.219. The number of hydrogen-bond acceptors (Lipinski definition) is 4. The summed E-state index contributed by atoms with van der Waals surface area (Å²) in [7, 11) is 0. The van der Waals surface area contributed by atoms with Gasteiger partial charge in [-0.2, -0.15) is 5.26 Å². The first-order valence-electron chi connectivity index (χ1n) is 6.21. The quantitative estimate of drug-likeness (QED) is 0.778. The Morgan fingerprint density at radius 3 is 3.06 bits per heavy atom. The van der Waals surface area contributed by atoms with Crippen LogP contribution in [0.5, 0.6) is 0 Å². The molecule has 4 nitrogen and oxygen atoms in total. The second-order valence-electron chi connectivity index (χ2n) is 4.93. The fraction of sp³-hybridized carbons (Fsp3) is 0.538. The highest BCUT2D eigenvalue weighted by Crippen LogP contribution is 2.28. The summed E-state index contributed by atoms with van der Waals surface area (Å²) in [6.45, 7) is 1.74. The third-order valence-corrected chi connectivity index (χ3v) is 3.68. The number of hydrogen-bond donors (Lipinski definition) is 1. The van der Waals surface area contributed by atoms with Crippen LogP contribution in [0, 0.1) is 11.3 Å². The van der Waals surface area contributed by atoms with Crippen LogP contribution in [0.4, 0.5) is 5.82 Å². The van der Waals surface area contributed by atoms with E-state index in [4.69, 9.17) is 5.73 Å². The fourth-order valence-electron chi connectivity index (χ4n) is 2.76. The van der Waals surface area contributed by atoms with Crippen LogP contribution >= 0.6 is 0 Å². The van der Waals surface area contributed by atoms with Crippen LogP contribution in [0.2, 0.25) is 0 Å². The summed E-state index contributed by atoms with van der Waals surface area (Å²) < 4.78 is 0. The van der Waals surface area contributed by atoms with Gasteiger partial charge in [0.15, 0.2) is 0 Å². The molecule has 1 aromatic rings. The zero-order chi connectivity index (χ0) is 11.8. The summed E-state index contributed by atoms with van der Waals surface area (Å²) in [6, 6.07) is 4.51. The van der Waals surface area contributed by atoms with Crippen molar-refractivity contribution in [2.45, 2.75) is 31.7 Å². The van der Waals surface area contributed by atoms with Crippen molar-refractivity contribution in [2.75, 3.05) is 18.0 Å². The molecule has 0 amide bonds. The molecule has 1 saturated heterocycles. The van der Waals surface area contributed by atoms with E-state index in [1.54, 1.807) is 0 Å². The molecule has 17 heavy (non-hydrogen) atoms. The molecule has 0 spiro atoms. The molecular formula is C13H16N4. The van der Waals surface area contributed by atoms with Gasteiger partial charge in [-0.25, -0.2) is 4.98 Å². The van der Waals surface area contributed by atoms with E-state index in [0.29, 0.717) is 5.56 Å². The van der Waals surface area contributed by atoms with Crippen LogP contribution in [0.15, 0.2) is 6.07 Å². The Balaban J connectivity index is 2.01. The molecule has 1 aromatic heterocycles. The molecule has 1 fully saturated rings. The molecule has 3 rings (SSSR count). The number of nitrogens with two attached hydrogens (primary N) is 1. The SMILES string of the molecule is N#Cc1cc2c(nc1N1CCC(N)C1)CCC2. The number of nitrogens with zero attached hydrogens (tertiary/aromatic N) is 3. The van der Waals surface area contributed by atoms with Crippen LogP contribution in [-0.2, 0) is 12.8 Å². The Morgan fingerprint density at radius 1 is 1.47 bits per heavy atom. The van der Waals surface area contributed by atoms with Gasteiger partial charge in [-0.3, -0.25) is 0 Å². The monoisotopic (exact) mass is 228 g/mol. The highest BCUT2D eigenvalue weighted by Gasteiger charge is 2.25. The van der Waals surface area contributed by atoms with Gasteiger partial charge in [0.2, 0.25) is 0 Å². The molecule has 2 heterocycles.